The number of nitrogens with zero attached hydrogens (tertiary/aromatic N) is 1. The summed E-state index contributed by atoms with van der Waals surface area (Å²) in [5.41, 5.74) is 0. The van der Waals surface area contributed by atoms with Gasteiger partial charge < -0.3 is 33.3 Å². The third-order valence-electron chi connectivity index (χ3n) is 15.0. The maximum absolute atomic E-state index is 12.9. The first-order valence-corrected chi connectivity index (χ1v) is 32.8. The van der Waals surface area contributed by atoms with Crippen LogP contribution >= 0.6 is 0 Å². The van der Waals surface area contributed by atoms with Crippen molar-refractivity contribution < 1.29 is 42.9 Å². The summed E-state index contributed by atoms with van der Waals surface area (Å²) in [4.78, 5) is 37.2. The zero-order valence-electron chi connectivity index (χ0n) is 50.7. The number of ether oxygens (including phenoxy) is 4. The predicted octanol–water partition coefficient (Wildman–Crippen LogP) is 18.4. The molecule has 0 fully saturated rings. The number of quaternary nitrogens is 1. The van der Waals surface area contributed by atoms with E-state index in [9.17, 15) is 19.5 Å². The van der Waals surface area contributed by atoms with Crippen LogP contribution in [0.2, 0.25) is 0 Å². The van der Waals surface area contributed by atoms with Crippen LogP contribution in [0, 0.1) is 0 Å². The van der Waals surface area contributed by atoms with E-state index in [1.165, 1.54) is 270 Å². The second-order valence-electron chi connectivity index (χ2n) is 23.8. The van der Waals surface area contributed by atoms with E-state index in [2.05, 4.69) is 26.0 Å². The Morgan fingerprint density at radius 1 is 0.387 bits per heavy atom. The van der Waals surface area contributed by atoms with Gasteiger partial charge >= 0.3 is 11.9 Å². The van der Waals surface area contributed by atoms with E-state index in [1.807, 2.05) is 21.1 Å². The van der Waals surface area contributed by atoms with Gasteiger partial charge in [-0.05, 0) is 38.5 Å². The Balaban J connectivity index is 3.86. The second kappa shape index (κ2) is 58.2. The van der Waals surface area contributed by atoms with Crippen LogP contribution in [0.25, 0.3) is 0 Å². The second-order valence-corrected chi connectivity index (χ2v) is 23.8. The highest BCUT2D eigenvalue weighted by atomic mass is 16.7. The van der Waals surface area contributed by atoms with Crippen LogP contribution in [-0.4, -0.2) is 82.3 Å². The van der Waals surface area contributed by atoms with Crippen LogP contribution in [-0.2, 0) is 33.3 Å². The molecule has 0 rings (SSSR count). The van der Waals surface area contributed by atoms with Crippen molar-refractivity contribution in [3.63, 3.8) is 0 Å². The minimum atomic E-state index is -1.61. The molecule has 0 aliphatic rings. The molecule has 0 saturated carbocycles. The molecule has 0 aliphatic heterocycles. The molecule has 0 spiro atoms. The number of carbonyl (C=O) groups is 3. The van der Waals surface area contributed by atoms with Crippen molar-refractivity contribution in [1.29, 1.82) is 0 Å². The number of likely N-dealkylation sites (N-methyl/N-ethyl adjacent to an activating group) is 1. The Morgan fingerprint density at radius 3 is 0.987 bits per heavy atom. The highest BCUT2D eigenvalue weighted by Crippen LogP contribution is 2.18. The topological polar surface area (TPSA) is 111 Å². The molecular weight excluding hydrogens is 935 g/mol. The number of hydrogen-bond acceptors (Lipinski definition) is 8. The van der Waals surface area contributed by atoms with Gasteiger partial charge in [0.05, 0.1) is 40.3 Å². The van der Waals surface area contributed by atoms with E-state index in [1.54, 1.807) is 0 Å². The highest BCUT2D eigenvalue weighted by molar-refractivity contribution is 5.70. The molecule has 0 saturated heterocycles. The van der Waals surface area contributed by atoms with Crippen LogP contribution in [0.1, 0.15) is 335 Å². The van der Waals surface area contributed by atoms with Gasteiger partial charge in [-0.15, -0.1) is 0 Å². The van der Waals surface area contributed by atoms with Crippen molar-refractivity contribution in [2.75, 3.05) is 47.5 Å². The molecule has 75 heavy (non-hydrogen) atoms. The average Bonchev–Trinajstić information content (AvgIpc) is 3.38. The number of rotatable bonds is 62. The van der Waals surface area contributed by atoms with Crippen molar-refractivity contribution >= 4 is 17.9 Å². The quantitative estimate of drug-likeness (QED) is 0.0195. The van der Waals surface area contributed by atoms with E-state index in [0.717, 1.165) is 38.5 Å². The molecule has 0 bridgehead atoms. The number of aliphatic carboxylic acids is 1. The minimum absolute atomic E-state index is 0.152. The summed E-state index contributed by atoms with van der Waals surface area (Å²) < 4.78 is 22.7. The van der Waals surface area contributed by atoms with Crippen LogP contribution in [0.4, 0.5) is 0 Å². The standard InChI is InChI=1S/C66H127NO8/c1-6-8-10-12-14-16-18-19-20-21-22-23-24-25-26-27-28-29-30-31-32-33-34-35-36-37-38-39-40-41-42-43-44-45-47-49-51-53-55-57-64(69)75-62(61-74-66(65(70)71)72-59-58-67(3,4)5)60-73-63(68)56-54-52-50-48-46-17-15-13-11-9-7-2/h21-22,62,66H,6-20,23-61H2,1-5H3/b22-21-. The molecule has 0 aliphatic carbocycles. The summed E-state index contributed by atoms with van der Waals surface area (Å²) >= 11 is 0. The monoisotopic (exact) mass is 1060 g/mol. The molecule has 0 aromatic heterocycles. The molecule has 0 aromatic carbocycles. The summed E-state index contributed by atoms with van der Waals surface area (Å²) in [6, 6.07) is 0. The van der Waals surface area contributed by atoms with Gasteiger partial charge in [0.1, 0.15) is 13.2 Å². The van der Waals surface area contributed by atoms with Gasteiger partial charge in [0, 0.05) is 12.8 Å². The molecular formula is C66H127NO8. The first-order valence-electron chi connectivity index (χ1n) is 32.8. The molecule has 2 atom stereocenters. The summed E-state index contributed by atoms with van der Waals surface area (Å²) in [6.07, 6.45) is 66.1. The van der Waals surface area contributed by atoms with Crippen molar-refractivity contribution in [3.8, 4) is 0 Å². The predicted molar refractivity (Wildman–Crippen MR) is 316 cm³/mol. The van der Waals surface area contributed by atoms with Crippen molar-refractivity contribution in [2.45, 2.75) is 347 Å². The highest BCUT2D eigenvalue weighted by Gasteiger charge is 2.22. The maximum Gasteiger partial charge on any atom is 0.306 e. The van der Waals surface area contributed by atoms with E-state index < -0.39 is 24.3 Å². The van der Waals surface area contributed by atoms with E-state index >= 15 is 0 Å². The third-order valence-corrected chi connectivity index (χ3v) is 15.0. The lowest BCUT2D eigenvalue weighted by Crippen LogP contribution is -2.44. The van der Waals surface area contributed by atoms with Gasteiger partial charge in [0.2, 0.25) is 0 Å². The van der Waals surface area contributed by atoms with Crippen LogP contribution in [0.3, 0.4) is 0 Å². The first kappa shape index (κ1) is 73.0. The molecule has 0 radical (unpaired) electrons. The van der Waals surface area contributed by atoms with Gasteiger partial charge in [-0.25, -0.2) is 0 Å². The van der Waals surface area contributed by atoms with Gasteiger partial charge in [-0.3, -0.25) is 9.59 Å². The van der Waals surface area contributed by atoms with Gasteiger partial charge in [0.25, 0.3) is 0 Å². The number of allylic oxidation sites excluding steroid dienone is 2. The smallest absolute Gasteiger partial charge is 0.306 e. The lowest BCUT2D eigenvalue weighted by atomic mass is 10.0. The fraction of sp³-hybridized carbons (Fsp3) is 0.924. The third kappa shape index (κ3) is 59.5. The van der Waals surface area contributed by atoms with Gasteiger partial charge in [-0.2, -0.15) is 0 Å². The summed E-state index contributed by atoms with van der Waals surface area (Å²) in [7, 11) is 5.93. The Morgan fingerprint density at radius 2 is 0.680 bits per heavy atom. The summed E-state index contributed by atoms with van der Waals surface area (Å²) in [5, 5.41) is 11.8. The molecule has 0 heterocycles. The van der Waals surface area contributed by atoms with Crippen molar-refractivity contribution in [2.24, 2.45) is 0 Å². The van der Waals surface area contributed by atoms with E-state index in [-0.39, 0.29) is 32.2 Å². The number of unbranched alkanes of at least 4 members (excludes halogenated alkanes) is 45. The van der Waals surface area contributed by atoms with E-state index in [4.69, 9.17) is 18.9 Å². The first-order chi connectivity index (χ1) is 36.6. The fourth-order valence-corrected chi connectivity index (χ4v) is 9.95. The molecule has 2 unspecified atom stereocenters. The average molecular weight is 1060 g/mol. The number of esters is 2. The largest absolute Gasteiger partial charge is 0.545 e. The molecule has 0 aromatic rings. The molecule has 0 N–H and O–H groups in total. The van der Waals surface area contributed by atoms with Gasteiger partial charge in [-0.1, -0.05) is 296 Å². The lowest BCUT2D eigenvalue weighted by molar-refractivity contribution is -0.870. The number of carboxylic acid groups (broad SMARTS) is 1. The Labute approximate surface area is 465 Å². The summed E-state index contributed by atoms with van der Waals surface area (Å²) in [6.45, 7) is 4.79. The summed E-state index contributed by atoms with van der Waals surface area (Å²) in [5.74, 6) is -2.26. The number of hydrogen-bond donors (Lipinski definition) is 0. The fourth-order valence-electron chi connectivity index (χ4n) is 9.95. The number of carbonyl (C=O) groups excluding carboxylic acids is 3. The van der Waals surface area contributed by atoms with Gasteiger partial charge in [0.15, 0.2) is 12.4 Å². The Bertz CT molecular complexity index is 1240. The minimum Gasteiger partial charge on any atom is -0.545 e. The molecule has 9 heteroatoms. The van der Waals surface area contributed by atoms with Crippen molar-refractivity contribution in [1.82, 2.24) is 0 Å². The zero-order valence-corrected chi connectivity index (χ0v) is 50.7. The zero-order chi connectivity index (χ0) is 54.8. The normalized spacial score (nSPS) is 12.7. The lowest BCUT2D eigenvalue weighted by Gasteiger charge is -2.26. The van der Waals surface area contributed by atoms with Crippen molar-refractivity contribution in [3.05, 3.63) is 12.2 Å². The maximum atomic E-state index is 12.9. The molecule has 444 valence electrons. The Hall–Kier alpha value is -1.97. The SMILES string of the molecule is CCCCCCCCCC/C=C\CCCCCCCCCCCCCCCCCCCCCCCCCCCCCC(=O)OC(COC(=O)CCCCCCCCCCCCC)COC(OCC[N+](C)(C)C)C(=O)[O-]. The van der Waals surface area contributed by atoms with Crippen LogP contribution < -0.4 is 5.11 Å². The Kier molecular flexibility index (Phi) is 56.7. The molecule has 9 nitrogen and oxygen atoms in total. The van der Waals surface area contributed by atoms with E-state index in [0.29, 0.717) is 17.4 Å². The van der Waals surface area contributed by atoms with Crippen LogP contribution in [0.15, 0.2) is 12.2 Å². The molecule has 0 amide bonds. The number of carboxylic acids is 1. The van der Waals surface area contributed by atoms with Crippen LogP contribution in [0.5, 0.6) is 0 Å².